The van der Waals surface area contributed by atoms with E-state index < -0.39 is 5.60 Å². The van der Waals surface area contributed by atoms with Crippen molar-refractivity contribution < 1.29 is 18.7 Å². The molecule has 8 heteroatoms. The molecule has 2 aromatic carbocycles. The van der Waals surface area contributed by atoms with Crippen LogP contribution in [0.5, 0.6) is 5.75 Å². The third-order valence-corrected chi connectivity index (χ3v) is 8.79. The zero-order valence-corrected chi connectivity index (χ0v) is 23.3. The molecule has 0 radical (unpaired) electrons. The maximum Gasteiger partial charge on any atom is 0.408 e. The second-order valence-electron chi connectivity index (χ2n) is 11.1. The summed E-state index contributed by atoms with van der Waals surface area (Å²) >= 11 is 1.86. The average molecular weight is 540 g/mol. The minimum atomic E-state index is -0.507. The molecule has 0 aliphatic carbocycles. The van der Waals surface area contributed by atoms with Gasteiger partial charge >= 0.3 is 6.09 Å². The molecule has 3 aliphatic heterocycles. The van der Waals surface area contributed by atoms with Crippen LogP contribution in [-0.2, 0) is 17.7 Å². The van der Waals surface area contributed by atoms with Gasteiger partial charge in [0.15, 0.2) is 0 Å². The Morgan fingerprint density at radius 2 is 1.76 bits per heavy atom. The fraction of sp³-hybridized carbons (Fsp3) is 0.500. The summed E-state index contributed by atoms with van der Waals surface area (Å²) in [6.07, 6.45) is 1.86. The first-order valence-electron chi connectivity index (χ1n) is 13.6. The number of amides is 1. The van der Waals surface area contributed by atoms with Crippen LogP contribution in [0.4, 0.5) is 9.18 Å². The second kappa shape index (κ2) is 11.6. The fourth-order valence-corrected chi connectivity index (χ4v) is 6.40. The lowest BCUT2D eigenvalue weighted by Crippen LogP contribution is -2.53. The summed E-state index contributed by atoms with van der Waals surface area (Å²) in [5, 5.41) is 5.70. The molecule has 3 aliphatic rings. The van der Waals surface area contributed by atoms with E-state index in [0.717, 1.165) is 56.9 Å². The molecule has 3 heterocycles. The van der Waals surface area contributed by atoms with Crippen LogP contribution in [0.2, 0.25) is 0 Å². The van der Waals surface area contributed by atoms with E-state index in [1.807, 2.05) is 11.8 Å². The van der Waals surface area contributed by atoms with E-state index in [1.165, 1.54) is 23.4 Å². The quantitative estimate of drug-likeness (QED) is 0.436. The van der Waals surface area contributed by atoms with Gasteiger partial charge in [-0.3, -0.25) is 4.90 Å². The van der Waals surface area contributed by atoms with Gasteiger partial charge in [0.1, 0.15) is 17.2 Å². The van der Waals surface area contributed by atoms with Gasteiger partial charge in [-0.15, -0.1) is 11.8 Å². The zero-order valence-electron chi connectivity index (χ0n) is 22.5. The van der Waals surface area contributed by atoms with Crippen LogP contribution >= 0.6 is 11.8 Å². The van der Waals surface area contributed by atoms with Crippen molar-refractivity contribution in [2.45, 2.75) is 63.6 Å². The third-order valence-electron chi connectivity index (χ3n) is 7.73. The summed E-state index contributed by atoms with van der Waals surface area (Å²) in [6.45, 7) is 10.8. The van der Waals surface area contributed by atoms with Gasteiger partial charge in [0.25, 0.3) is 0 Å². The summed E-state index contributed by atoms with van der Waals surface area (Å²) in [4.78, 5) is 17.2. The SMILES string of the molecule is CC(C)COc1ccc(CN2C(CN3CCC4(CC3)OC(=O)NC4Cc3ccc(F)cc3)=CSC2C)cc1. The first-order valence-corrected chi connectivity index (χ1v) is 14.5. The van der Waals surface area contributed by atoms with E-state index in [1.54, 1.807) is 12.1 Å². The molecule has 5 rings (SSSR count). The van der Waals surface area contributed by atoms with Crippen LogP contribution in [0.15, 0.2) is 59.6 Å². The number of carbonyl (C=O) groups is 1. The van der Waals surface area contributed by atoms with Crippen LogP contribution in [0, 0.1) is 11.7 Å². The Kier molecular flexibility index (Phi) is 8.19. The van der Waals surface area contributed by atoms with Crippen molar-refractivity contribution in [3.05, 3.63) is 76.6 Å². The molecule has 0 bridgehead atoms. The lowest BCUT2D eigenvalue weighted by Gasteiger charge is -2.41. The van der Waals surface area contributed by atoms with Gasteiger partial charge in [0.05, 0.1) is 18.0 Å². The maximum atomic E-state index is 13.3. The van der Waals surface area contributed by atoms with Gasteiger partial charge in [-0.2, -0.15) is 0 Å². The molecule has 6 nitrogen and oxygen atoms in total. The van der Waals surface area contributed by atoms with Crippen molar-refractivity contribution in [2.24, 2.45) is 5.92 Å². The standard InChI is InChI=1S/C30H38FN3O3S/c1-21(2)19-36-27-10-6-24(7-11-27)17-34-22(3)38-20-26(34)18-33-14-12-30(13-15-33)28(32-29(35)37-30)16-23-4-8-25(31)9-5-23/h4-11,20-22,28H,12-19H2,1-3H3,(H,32,35). The number of benzene rings is 2. The van der Waals surface area contributed by atoms with E-state index in [-0.39, 0.29) is 18.0 Å². The number of nitrogens with zero attached hydrogens (tertiary/aromatic N) is 2. The number of nitrogens with one attached hydrogen (secondary N) is 1. The predicted octanol–water partition coefficient (Wildman–Crippen LogP) is 5.78. The van der Waals surface area contributed by atoms with Crippen molar-refractivity contribution >= 4 is 17.9 Å². The molecule has 0 saturated carbocycles. The lowest BCUT2D eigenvalue weighted by molar-refractivity contribution is -0.0177. The summed E-state index contributed by atoms with van der Waals surface area (Å²) in [6, 6.07) is 14.9. The van der Waals surface area contributed by atoms with Crippen molar-refractivity contribution in [3.63, 3.8) is 0 Å². The minimum Gasteiger partial charge on any atom is -0.493 e. The van der Waals surface area contributed by atoms with Gasteiger partial charge < -0.3 is 19.7 Å². The Hall–Kier alpha value is -2.71. The van der Waals surface area contributed by atoms with Crippen molar-refractivity contribution in [1.82, 2.24) is 15.1 Å². The van der Waals surface area contributed by atoms with Crippen molar-refractivity contribution in [3.8, 4) is 5.75 Å². The van der Waals surface area contributed by atoms with Gasteiger partial charge in [-0.05, 0) is 60.1 Å². The number of hydrogen-bond donors (Lipinski definition) is 1. The number of thioether (sulfide) groups is 1. The number of hydrogen-bond acceptors (Lipinski definition) is 6. The van der Waals surface area contributed by atoms with Gasteiger partial charge in [0, 0.05) is 44.7 Å². The average Bonchev–Trinajstić information content (AvgIpc) is 3.39. The van der Waals surface area contributed by atoms with E-state index in [9.17, 15) is 9.18 Å². The molecule has 38 heavy (non-hydrogen) atoms. The number of halogens is 1. The van der Waals surface area contributed by atoms with E-state index in [0.29, 0.717) is 17.7 Å². The van der Waals surface area contributed by atoms with Crippen LogP contribution in [0.3, 0.4) is 0 Å². The van der Waals surface area contributed by atoms with Crippen molar-refractivity contribution in [1.29, 1.82) is 0 Å². The number of likely N-dealkylation sites (tertiary alicyclic amines) is 1. The molecule has 204 valence electrons. The molecular weight excluding hydrogens is 501 g/mol. The molecular formula is C30H38FN3O3S. The van der Waals surface area contributed by atoms with Crippen LogP contribution < -0.4 is 10.1 Å². The number of alkyl carbamates (subject to hydrolysis) is 1. The molecule has 1 N–H and O–H groups in total. The van der Waals surface area contributed by atoms with E-state index >= 15 is 0 Å². The Morgan fingerprint density at radius 1 is 1.08 bits per heavy atom. The summed E-state index contributed by atoms with van der Waals surface area (Å²) in [5.74, 6) is 1.18. The smallest absolute Gasteiger partial charge is 0.408 e. The highest BCUT2D eigenvalue weighted by Gasteiger charge is 2.50. The monoisotopic (exact) mass is 539 g/mol. The highest BCUT2D eigenvalue weighted by Crippen LogP contribution is 2.37. The van der Waals surface area contributed by atoms with Gasteiger partial charge in [-0.1, -0.05) is 38.1 Å². The third kappa shape index (κ3) is 6.29. The Bertz CT molecular complexity index is 1130. The first kappa shape index (κ1) is 26.9. The predicted molar refractivity (Wildman–Crippen MR) is 149 cm³/mol. The normalized spacial score (nSPS) is 23.0. The Morgan fingerprint density at radius 3 is 2.45 bits per heavy atom. The summed E-state index contributed by atoms with van der Waals surface area (Å²) in [5.41, 5.74) is 3.10. The first-order chi connectivity index (χ1) is 18.3. The Balaban J connectivity index is 1.16. The number of piperidine rings is 1. The van der Waals surface area contributed by atoms with Crippen LogP contribution in [0.1, 0.15) is 44.7 Å². The maximum absolute atomic E-state index is 13.3. The molecule has 1 spiro atoms. The molecule has 2 unspecified atom stereocenters. The number of carbonyl (C=O) groups excluding carboxylic acids is 1. The van der Waals surface area contributed by atoms with Gasteiger partial charge in [-0.25, -0.2) is 9.18 Å². The fourth-order valence-electron chi connectivity index (χ4n) is 5.48. The largest absolute Gasteiger partial charge is 0.493 e. The van der Waals surface area contributed by atoms with Crippen molar-refractivity contribution in [2.75, 3.05) is 26.2 Å². The molecule has 0 aromatic heterocycles. The highest BCUT2D eigenvalue weighted by molar-refractivity contribution is 8.02. The number of rotatable bonds is 9. The minimum absolute atomic E-state index is 0.104. The number of ether oxygens (including phenoxy) is 2. The summed E-state index contributed by atoms with van der Waals surface area (Å²) in [7, 11) is 0. The molecule has 1 amide bonds. The molecule has 2 aromatic rings. The lowest BCUT2D eigenvalue weighted by atomic mass is 9.82. The highest BCUT2D eigenvalue weighted by atomic mass is 32.2. The summed E-state index contributed by atoms with van der Waals surface area (Å²) < 4.78 is 25.1. The zero-order chi connectivity index (χ0) is 26.7. The molecule has 2 fully saturated rings. The van der Waals surface area contributed by atoms with E-state index in [2.05, 4.69) is 65.6 Å². The Labute approximate surface area is 229 Å². The second-order valence-corrected chi connectivity index (χ2v) is 12.3. The van der Waals surface area contributed by atoms with Crippen LogP contribution in [0.25, 0.3) is 0 Å². The van der Waals surface area contributed by atoms with E-state index in [4.69, 9.17) is 9.47 Å². The molecule has 2 saturated heterocycles. The topological polar surface area (TPSA) is 54.0 Å². The van der Waals surface area contributed by atoms with Gasteiger partial charge in [0.2, 0.25) is 0 Å². The van der Waals surface area contributed by atoms with Crippen LogP contribution in [-0.4, -0.2) is 59.2 Å². The molecule has 2 atom stereocenters.